The molecule has 0 aromatic carbocycles. The summed E-state index contributed by atoms with van der Waals surface area (Å²) in [7, 11) is 0. The number of thiazole rings is 1. The highest BCUT2D eigenvalue weighted by Crippen LogP contribution is 2.30. The van der Waals surface area contributed by atoms with Crippen molar-refractivity contribution in [2.24, 2.45) is 0 Å². The molecule has 0 saturated carbocycles. The fourth-order valence-electron chi connectivity index (χ4n) is 1.70. The van der Waals surface area contributed by atoms with Crippen LogP contribution < -0.4 is 5.32 Å². The van der Waals surface area contributed by atoms with Gasteiger partial charge in [-0.3, -0.25) is 4.79 Å². The molecule has 108 valence electrons. The number of ether oxygens (including phenoxy) is 1. The second-order valence-electron chi connectivity index (χ2n) is 4.28. The van der Waals surface area contributed by atoms with Crippen LogP contribution in [0, 0.1) is 6.92 Å². The Labute approximate surface area is 126 Å². The lowest BCUT2D eigenvalue weighted by Crippen LogP contribution is -2.08. The molecule has 0 fully saturated rings. The topological polar surface area (TPSA) is 51.2 Å². The van der Waals surface area contributed by atoms with Crippen molar-refractivity contribution in [3.63, 3.8) is 0 Å². The first-order valence-electron chi connectivity index (χ1n) is 6.61. The van der Waals surface area contributed by atoms with Gasteiger partial charge in [-0.05, 0) is 32.4 Å². The van der Waals surface area contributed by atoms with E-state index in [0.29, 0.717) is 13.0 Å². The Morgan fingerprint density at radius 1 is 1.45 bits per heavy atom. The predicted octanol–water partition coefficient (Wildman–Crippen LogP) is 3.94. The zero-order valence-electron chi connectivity index (χ0n) is 11.6. The summed E-state index contributed by atoms with van der Waals surface area (Å²) in [4.78, 5) is 18.2. The van der Waals surface area contributed by atoms with Crippen LogP contribution in [0.1, 0.15) is 24.6 Å². The molecule has 2 aromatic heterocycles. The third kappa shape index (κ3) is 4.31. The fourth-order valence-corrected chi connectivity index (χ4v) is 3.34. The first-order chi connectivity index (χ1) is 9.69. The predicted molar refractivity (Wildman–Crippen MR) is 84.5 cm³/mol. The molecular weight excluding hydrogens is 292 g/mol. The molecule has 0 aliphatic rings. The number of hydrogen-bond acceptors (Lipinski definition) is 6. The number of hydrogen-bond donors (Lipinski definition) is 1. The van der Waals surface area contributed by atoms with Gasteiger partial charge in [0.1, 0.15) is 0 Å². The third-order valence-corrected chi connectivity index (χ3v) is 4.46. The Hall–Kier alpha value is -1.40. The van der Waals surface area contributed by atoms with Gasteiger partial charge in [0, 0.05) is 23.2 Å². The second-order valence-corrected chi connectivity index (χ2v) is 6.43. The van der Waals surface area contributed by atoms with Gasteiger partial charge in [-0.1, -0.05) is 0 Å². The van der Waals surface area contributed by atoms with Crippen LogP contribution in [0.4, 0.5) is 5.13 Å². The molecule has 4 nitrogen and oxygen atoms in total. The van der Waals surface area contributed by atoms with Crippen LogP contribution in [0.15, 0.2) is 17.5 Å². The lowest BCUT2D eigenvalue weighted by Gasteiger charge is -2.02. The van der Waals surface area contributed by atoms with Crippen molar-refractivity contribution in [1.29, 1.82) is 0 Å². The smallest absolute Gasteiger partial charge is 0.305 e. The summed E-state index contributed by atoms with van der Waals surface area (Å²) in [5, 5.41) is 6.20. The maximum absolute atomic E-state index is 11.2. The summed E-state index contributed by atoms with van der Waals surface area (Å²) >= 11 is 3.34. The van der Waals surface area contributed by atoms with Crippen LogP contribution >= 0.6 is 22.7 Å². The van der Waals surface area contributed by atoms with Crippen LogP contribution in [0.25, 0.3) is 10.6 Å². The molecule has 20 heavy (non-hydrogen) atoms. The van der Waals surface area contributed by atoms with E-state index >= 15 is 0 Å². The highest BCUT2D eigenvalue weighted by molar-refractivity contribution is 7.16. The summed E-state index contributed by atoms with van der Waals surface area (Å²) in [6, 6.07) is 4.20. The first kappa shape index (κ1) is 15.0. The third-order valence-electron chi connectivity index (χ3n) is 2.64. The van der Waals surface area contributed by atoms with Gasteiger partial charge >= 0.3 is 5.97 Å². The summed E-state index contributed by atoms with van der Waals surface area (Å²) in [5.41, 5.74) is 1.01. The molecule has 0 radical (unpaired) electrons. The van der Waals surface area contributed by atoms with Crippen LogP contribution in [-0.2, 0) is 9.53 Å². The van der Waals surface area contributed by atoms with E-state index in [9.17, 15) is 4.79 Å². The zero-order valence-corrected chi connectivity index (χ0v) is 13.3. The Morgan fingerprint density at radius 2 is 2.30 bits per heavy atom. The highest BCUT2D eigenvalue weighted by Gasteiger charge is 2.06. The van der Waals surface area contributed by atoms with Gasteiger partial charge in [0.15, 0.2) is 5.13 Å². The SMILES string of the molecule is CCOC(=O)CCCNc1nc(-c2ccc(C)s2)cs1. The number of aromatic nitrogens is 1. The van der Waals surface area contributed by atoms with Crippen LogP contribution in [0.3, 0.4) is 0 Å². The average Bonchev–Trinajstić information content (AvgIpc) is 3.04. The summed E-state index contributed by atoms with van der Waals surface area (Å²) < 4.78 is 4.88. The lowest BCUT2D eigenvalue weighted by molar-refractivity contribution is -0.143. The molecule has 0 aliphatic heterocycles. The molecule has 2 rings (SSSR count). The van der Waals surface area contributed by atoms with Crippen LogP contribution in [-0.4, -0.2) is 24.1 Å². The molecule has 0 amide bonds. The molecule has 0 unspecified atom stereocenters. The second kappa shape index (κ2) is 7.40. The van der Waals surface area contributed by atoms with E-state index < -0.39 is 0 Å². The Bertz CT molecular complexity index is 563. The average molecular weight is 310 g/mol. The van der Waals surface area contributed by atoms with Gasteiger partial charge in [-0.25, -0.2) is 4.98 Å². The molecule has 0 atom stereocenters. The normalized spacial score (nSPS) is 10.5. The largest absolute Gasteiger partial charge is 0.466 e. The van der Waals surface area contributed by atoms with Crippen molar-refractivity contribution < 1.29 is 9.53 Å². The fraction of sp³-hybridized carbons (Fsp3) is 0.429. The number of nitrogens with zero attached hydrogens (tertiary/aromatic N) is 1. The van der Waals surface area contributed by atoms with Crippen molar-refractivity contribution in [1.82, 2.24) is 4.98 Å². The molecule has 2 aromatic rings. The lowest BCUT2D eigenvalue weighted by atomic mass is 10.3. The number of rotatable bonds is 7. The van der Waals surface area contributed by atoms with Gasteiger partial charge in [0.2, 0.25) is 0 Å². The number of aryl methyl sites for hydroxylation is 1. The minimum atomic E-state index is -0.136. The summed E-state index contributed by atoms with van der Waals surface area (Å²) in [5.74, 6) is -0.136. The van der Waals surface area contributed by atoms with Crippen molar-refractivity contribution in [2.45, 2.75) is 26.7 Å². The maximum Gasteiger partial charge on any atom is 0.305 e. The minimum Gasteiger partial charge on any atom is -0.466 e. The Morgan fingerprint density at radius 3 is 3.00 bits per heavy atom. The van der Waals surface area contributed by atoms with E-state index in [0.717, 1.165) is 23.8 Å². The first-order valence-corrected chi connectivity index (χ1v) is 8.30. The van der Waals surface area contributed by atoms with E-state index in [2.05, 4.69) is 34.7 Å². The van der Waals surface area contributed by atoms with E-state index in [1.165, 1.54) is 9.75 Å². The highest BCUT2D eigenvalue weighted by atomic mass is 32.1. The Kier molecular flexibility index (Phi) is 5.55. The molecule has 0 spiro atoms. The van der Waals surface area contributed by atoms with Crippen LogP contribution in [0.5, 0.6) is 0 Å². The molecule has 2 heterocycles. The summed E-state index contributed by atoms with van der Waals surface area (Å²) in [6.07, 6.45) is 1.20. The van der Waals surface area contributed by atoms with Crippen molar-refractivity contribution >= 4 is 33.8 Å². The van der Waals surface area contributed by atoms with Gasteiger partial charge in [-0.2, -0.15) is 0 Å². The van der Waals surface area contributed by atoms with E-state index in [4.69, 9.17) is 4.74 Å². The van der Waals surface area contributed by atoms with E-state index in [1.807, 2.05) is 6.92 Å². The number of thiophene rings is 1. The van der Waals surface area contributed by atoms with Crippen LogP contribution in [0.2, 0.25) is 0 Å². The molecule has 6 heteroatoms. The van der Waals surface area contributed by atoms with Gasteiger partial charge in [0.25, 0.3) is 0 Å². The molecule has 0 aliphatic carbocycles. The standard InChI is InChI=1S/C14H18N2O2S2/c1-3-18-13(17)5-4-8-15-14-16-11(9-19-14)12-7-6-10(2)20-12/h6-7,9H,3-5,8H2,1-2H3,(H,15,16). The quantitative estimate of drug-likeness (QED) is 0.622. The van der Waals surface area contributed by atoms with E-state index in [1.54, 1.807) is 22.7 Å². The Balaban J connectivity index is 1.77. The number of carbonyl (C=O) groups is 1. The number of esters is 1. The molecule has 0 bridgehead atoms. The van der Waals surface area contributed by atoms with E-state index in [-0.39, 0.29) is 5.97 Å². The monoisotopic (exact) mass is 310 g/mol. The number of anilines is 1. The van der Waals surface area contributed by atoms with Gasteiger partial charge in [0.05, 0.1) is 17.2 Å². The van der Waals surface area contributed by atoms with Crippen molar-refractivity contribution in [2.75, 3.05) is 18.5 Å². The summed E-state index contributed by atoms with van der Waals surface area (Å²) in [6.45, 7) is 5.09. The van der Waals surface area contributed by atoms with Crippen molar-refractivity contribution in [3.05, 3.63) is 22.4 Å². The van der Waals surface area contributed by atoms with Gasteiger partial charge in [-0.15, -0.1) is 22.7 Å². The van der Waals surface area contributed by atoms with Crippen molar-refractivity contribution in [3.8, 4) is 10.6 Å². The maximum atomic E-state index is 11.2. The molecular formula is C14H18N2O2S2. The minimum absolute atomic E-state index is 0.136. The number of nitrogens with one attached hydrogen (secondary N) is 1. The zero-order chi connectivity index (χ0) is 14.4. The van der Waals surface area contributed by atoms with Gasteiger partial charge < -0.3 is 10.1 Å². The number of carbonyl (C=O) groups excluding carboxylic acids is 1. The molecule has 0 saturated heterocycles. The molecule has 1 N–H and O–H groups in total.